The molecular weight excluding hydrogens is 506 g/mol. The molecule has 10 heteroatoms. The van der Waals surface area contributed by atoms with Gasteiger partial charge in [-0.25, -0.2) is 4.98 Å². The highest BCUT2D eigenvalue weighted by molar-refractivity contribution is 9.10. The topological polar surface area (TPSA) is 46.5 Å². The van der Waals surface area contributed by atoms with Crippen molar-refractivity contribution in [3.63, 3.8) is 0 Å². The molecule has 0 aliphatic heterocycles. The number of halogens is 6. The monoisotopic (exact) mass is 517 g/mol. The molecule has 3 aromatic rings. The van der Waals surface area contributed by atoms with Crippen LogP contribution in [0.4, 0.5) is 19.0 Å². The van der Waals surface area contributed by atoms with E-state index in [0.717, 1.165) is 17.8 Å². The molecule has 0 atom stereocenters. The van der Waals surface area contributed by atoms with Gasteiger partial charge in [-0.3, -0.25) is 5.43 Å². The van der Waals surface area contributed by atoms with Gasteiger partial charge in [0.05, 0.1) is 21.3 Å². The fourth-order valence-electron chi connectivity index (χ4n) is 2.33. The molecule has 0 fully saturated rings. The van der Waals surface area contributed by atoms with Crippen molar-refractivity contribution in [3.8, 4) is 5.75 Å². The number of alkyl halides is 3. The van der Waals surface area contributed by atoms with Crippen molar-refractivity contribution in [1.29, 1.82) is 0 Å². The Morgan fingerprint density at radius 1 is 1.10 bits per heavy atom. The second-order valence-corrected chi connectivity index (χ2v) is 7.73. The molecule has 3 rings (SSSR count). The van der Waals surface area contributed by atoms with E-state index in [0.29, 0.717) is 32.4 Å². The lowest BCUT2D eigenvalue weighted by atomic mass is 10.2. The third-order valence-corrected chi connectivity index (χ3v) is 4.92. The van der Waals surface area contributed by atoms with Crippen molar-refractivity contribution in [2.24, 2.45) is 5.10 Å². The Morgan fingerprint density at radius 2 is 1.83 bits per heavy atom. The Bertz CT molecular complexity index is 1020. The van der Waals surface area contributed by atoms with Gasteiger partial charge in [-0.2, -0.15) is 18.3 Å². The second kappa shape index (κ2) is 9.68. The van der Waals surface area contributed by atoms with Gasteiger partial charge in [0.1, 0.15) is 12.4 Å². The second-order valence-electron chi connectivity index (χ2n) is 6.03. The van der Waals surface area contributed by atoms with E-state index < -0.39 is 11.7 Å². The van der Waals surface area contributed by atoms with E-state index in [-0.39, 0.29) is 5.82 Å². The van der Waals surface area contributed by atoms with Crippen LogP contribution in [0.3, 0.4) is 0 Å². The molecule has 1 aromatic heterocycles. The smallest absolute Gasteiger partial charge is 0.417 e. The average Bonchev–Trinajstić information content (AvgIpc) is 2.68. The molecule has 0 unspecified atom stereocenters. The van der Waals surface area contributed by atoms with Crippen LogP contribution in [0, 0.1) is 0 Å². The third-order valence-electron chi connectivity index (χ3n) is 3.80. The van der Waals surface area contributed by atoms with Crippen LogP contribution in [0.1, 0.15) is 16.7 Å². The molecule has 0 radical (unpaired) electrons. The fraction of sp³-hybridized carbons (Fsp3) is 0.100. The van der Waals surface area contributed by atoms with E-state index in [2.05, 4.69) is 31.4 Å². The van der Waals surface area contributed by atoms with Gasteiger partial charge in [0.15, 0.2) is 5.75 Å². The lowest BCUT2D eigenvalue weighted by molar-refractivity contribution is -0.137. The summed E-state index contributed by atoms with van der Waals surface area (Å²) in [7, 11) is 0. The highest BCUT2D eigenvalue weighted by atomic mass is 79.9. The van der Waals surface area contributed by atoms with Crippen LogP contribution in [-0.4, -0.2) is 11.2 Å². The molecular formula is C20H13BrCl2F3N3O. The van der Waals surface area contributed by atoms with Gasteiger partial charge in [0.25, 0.3) is 0 Å². The lowest BCUT2D eigenvalue weighted by Crippen LogP contribution is -2.05. The minimum Gasteiger partial charge on any atom is -0.486 e. The number of rotatable bonds is 6. The molecule has 0 aliphatic rings. The molecule has 2 aromatic carbocycles. The van der Waals surface area contributed by atoms with E-state index in [9.17, 15) is 13.2 Å². The van der Waals surface area contributed by atoms with Crippen LogP contribution < -0.4 is 10.2 Å². The Kier molecular flexibility index (Phi) is 7.23. The summed E-state index contributed by atoms with van der Waals surface area (Å²) in [6, 6.07) is 12.8. The summed E-state index contributed by atoms with van der Waals surface area (Å²) in [4.78, 5) is 3.68. The van der Waals surface area contributed by atoms with Crippen molar-refractivity contribution < 1.29 is 17.9 Å². The van der Waals surface area contributed by atoms with Gasteiger partial charge < -0.3 is 4.74 Å². The molecule has 156 valence electrons. The van der Waals surface area contributed by atoms with E-state index >= 15 is 0 Å². The maximum atomic E-state index is 12.5. The number of anilines is 1. The maximum Gasteiger partial charge on any atom is 0.417 e. The molecule has 1 N–H and O–H groups in total. The Balaban J connectivity index is 1.63. The first-order chi connectivity index (χ1) is 14.2. The van der Waals surface area contributed by atoms with Crippen LogP contribution in [0.15, 0.2) is 64.3 Å². The normalized spacial score (nSPS) is 11.7. The molecule has 0 aliphatic carbocycles. The first kappa shape index (κ1) is 22.4. The van der Waals surface area contributed by atoms with Crippen molar-refractivity contribution in [2.45, 2.75) is 12.8 Å². The molecule has 0 saturated carbocycles. The quantitative estimate of drug-likeness (QED) is 0.277. The number of nitrogens with zero attached hydrogens (tertiary/aromatic N) is 2. The van der Waals surface area contributed by atoms with Gasteiger partial charge in [0.2, 0.25) is 0 Å². The summed E-state index contributed by atoms with van der Waals surface area (Å²) < 4.78 is 44.0. The summed E-state index contributed by atoms with van der Waals surface area (Å²) >= 11 is 15.6. The van der Waals surface area contributed by atoms with Gasteiger partial charge in [0, 0.05) is 11.2 Å². The van der Waals surface area contributed by atoms with E-state index in [1.165, 1.54) is 12.3 Å². The number of ether oxygens (including phenoxy) is 1. The Labute approximate surface area is 188 Å². The number of hydrazone groups is 1. The molecule has 0 spiro atoms. The summed E-state index contributed by atoms with van der Waals surface area (Å²) in [6.45, 7) is 0.310. The molecule has 30 heavy (non-hydrogen) atoms. The van der Waals surface area contributed by atoms with Crippen molar-refractivity contribution in [3.05, 3.63) is 85.9 Å². The lowest BCUT2D eigenvalue weighted by Gasteiger charge is -2.11. The number of hydrogen-bond donors (Lipinski definition) is 1. The zero-order chi connectivity index (χ0) is 21.7. The van der Waals surface area contributed by atoms with Crippen LogP contribution >= 0.6 is 39.1 Å². The van der Waals surface area contributed by atoms with Crippen molar-refractivity contribution in [2.75, 3.05) is 5.43 Å². The predicted octanol–water partition coefficient (Wildman–Crippen LogP) is 7.19. The van der Waals surface area contributed by atoms with E-state index in [4.69, 9.17) is 27.9 Å². The zero-order valence-corrected chi connectivity index (χ0v) is 18.1. The van der Waals surface area contributed by atoms with Crippen LogP contribution in [0.25, 0.3) is 0 Å². The summed E-state index contributed by atoms with van der Waals surface area (Å²) in [5, 5.41) is 4.97. The Morgan fingerprint density at radius 3 is 2.43 bits per heavy atom. The fourth-order valence-corrected chi connectivity index (χ4v) is 3.44. The molecule has 0 bridgehead atoms. The van der Waals surface area contributed by atoms with Gasteiger partial charge in [-0.1, -0.05) is 35.3 Å². The SMILES string of the molecule is FC(F)(F)c1ccc(N/N=C\c2cc(Cl)c(OCc3ccc(Cl)cc3)c(Br)c2)nc1. The van der Waals surface area contributed by atoms with Crippen LogP contribution in [0.5, 0.6) is 5.75 Å². The van der Waals surface area contributed by atoms with Crippen LogP contribution in [-0.2, 0) is 12.8 Å². The maximum absolute atomic E-state index is 12.5. The number of hydrogen-bond acceptors (Lipinski definition) is 4. The van der Waals surface area contributed by atoms with E-state index in [1.54, 1.807) is 24.3 Å². The van der Waals surface area contributed by atoms with Crippen molar-refractivity contribution in [1.82, 2.24) is 4.98 Å². The standard InChI is InChI=1S/C20H13BrCl2F3N3O/c21-16-7-13(9-28-29-18-6-3-14(10-27-18)20(24,25)26)8-17(23)19(16)30-11-12-1-4-15(22)5-2-12/h1-10H,11H2,(H,27,29)/b28-9-. The van der Waals surface area contributed by atoms with Gasteiger partial charge >= 0.3 is 6.18 Å². The molecule has 0 saturated heterocycles. The van der Waals surface area contributed by atoms with Gasteiger partial charge in [-0.05, 0) is 63.5 Å². The van der Waals surface area contributed by atoms with Crippen molar-refractivity contribution >= 4 is 51.2 Å². The highest BCUT2D eigenvalue weighted by Gasteiger charge is 2.30. The van der Waals surface area contributed by atoms with Crippen LogP contribution in [0.2, 0.25) is 10.0 Å². The third kappa shape index (κ3) is 6.10. The first-order valence-electron chi connectivity index (χ1n) is 8.41. The largest absolute Gasteiger partial charge is 0.486 e. The highest BCUT2D eigenvalue weighted by Crippen LogP contribution is 2.35. The number of pyridine rings is 1. The summed E-state index contributed by atoms with van der Waals surface area (Å²) in [6.07, 6.45) is -2.24. The number of benzene rings is 2. The van der Waals surface area contributed by atoms with E-state index in [1.807, 2.05) is 12.1 Å². The minimum absolute atomic E-state index is 0.173. The molecule has 0 amide bonds. The number of aromatic nitrogens is 1. The first-order valence-corrected chi connectivity index (χ1v) is 9.96. The predicted molar refractivity (Wildman–Crippen MR) is 115 cm³/mol. The average molecular weight is 519 g/mol. The summed E-state index contributed by atoms with van der Waals surface area (Å²) in [5.41, 5.74) is 3.31. The summed E-state index contributed by atoms with van der Waals surface area (Å²) in [5.74, 6) is 0.647. The molecule has 1 heterocycles. The molecule has 4 nitrogen and oxygen atoms in total. The van der Waals surface area contributed by atoms with Gasteiger partial charge in [-0.15, -0.1) is 0 Å². The minimum atomic E-state index is -4.44. The number of nitrogens with one attached hydrogen (secondary N) is 1. The zero-order valence-electron chi connectivity index (χ0n) is 15.1. The Hall–Kier alpha value is -2.29.